The van der Waals surface area contributed by atoms with E-state index in [-0.39, 0.29) is 12.3 Å². The van der Waals surface area contributed by atoms with E-state index in [0.717, 1.165) is 22.5 Å². The first-order valence-electron chi connectivity index (χ1n) is 9.10. The van der Waals surface area contributed by atoms with Crippen molar-refractivity contribution in [3.63, 3.8) is 0 Å². The van der Waals surface area contributed by atoms with E-state index < -0.39 is 4.92 Å². The van der Waals surface area contributed by atoms with Crippen LogP contribution in [0.5, 0.6) is 11.5 Å². The Morgan fingerprint density at radius 3 is 2.40 bits per heavy atom. The molecule has 0 amide bonds. The standard InChI is InChI=1S/C21H21N5O4/c1-14-10-15(2)24-21(23-14)25-22-12-17-6-9-19(29-3)20(11-17)30-13-16-4-7-18(8-5-16)26(27)28/h4-12H,13H2,1-3H3,(H,23,24,25)/b22-12+. The zero-order valence-corrected chi connectivity index (χ0v) is 16.8. The third kappa shape index (κ3) is 5.51. The molecule has 0 spiro atoms. The fourth-order valence-corrected chi connectivity index (χ4v) is 2.70. The number of anilines is 1. The number of ether oxygens (including phenoxy) is 2. The molecule has 3 aromatic rings. The molecule has 154 valence electrons. The number of nitro benzene ring substituents is 1. The van der Waals surface area contributed by atoms with Crippen LogP contribution in [0.4, 0.5) is 11.6 Å². The molecule has 3 rings (SSSR count). The maximum Gasteiger partial charge on any atom is 0.269 e. The van der Waals surface area contributed by atoms with Crippen LogP contribution in [0.25, 0.3) is 0 Å². The highest BCUT2D eigenvalue weighted by Crippen LogP contribution is 2.28. The topological polar surface area (TPSA) is 112 Å². The predicted octanol–water partition coefficient (Wildman–Crippen LogP) is 4.04. The van der Waals surface area contributed by atoms with Crippen LogP contribution in [0.3, 0.4) is 0 Å². The van der Waals surface area contributed by atoms with Crippen molar-refractivity contribution in [1.29, 1.82) is 0 Å². The molecule has 0 saturated heterocycles. The highest BCUT2D eigenvalue weighted by Gasteiger charge is 2.08. The van der Waals surface area contributed by atoms with Crippen molar-refractivity contribution in [2.45, 2.75) is 20.5 Å². The maximum absolute atomic E-state index is 10.8. The molecule has 0 aliphatic carbocycles. The Morgan fingerprint density at radius 1 is 1.07 bits per heavy atom. The van der Waals surface area contributed by atoms with Crippen molar-refractivity contribution < 1.29 is 14.4 Å². The van der Waals surface area contributed by atoms with Crippen LogP contribution in [0.15, 0.2) is 53.6 Å². The number of nitro groups is 1. The molecule has 1 aromatic heterocycles. The van der Waals surface area contributed by atoms with E-state index in [1.54, 1.807) is 37.6 Å². The van der Waals surface area contributed by atoms with Crippen LogP contribution in [-0.4, -0.2) is 28.2 Å². The summed E-state index contributed by atoms with van der Waals surface area (Å²) in [6, 6.07) is 13.5. The Balaban J connectivity index is 1.68. The molecule has 9 nitrogen and oxygen atoms in total. The molecular weight excluding hydrogens is 386 g/mol. The zero-order valence-electron chi connectivity index (χ0n) is 16.8. The van der Waals surface area contributed by atoms with Gasteiger partial charge in [-0.25, -0.2) is 15.4 Å². The Bertz CT molecular complexity index is 1050. The summed E-state index contributed by atoms with van der Waals surface area (Å²) in [6.07, 6.45) is 1.62. The van der Waals surface area contributed by atoms with Gasteiger partial charge in [0.15, 0.2) is 11.5 Å². The van der Waals surface area contributed by atoms with Gasteiger partial charge in [-0.2, -0.15) is 5.10 Å². The summed E-state index contributed by atoms with van der Waals surface area (Å²) in [4.78, 5) is 18.9. The number of nitrogens with zero attached hydrogens (tertiary/aromatic N) is 4. The lowest BCUT2D eigenvalue weighted by molar-refractivity contribution is -0.384. The summed E-state index contributed by atoms with van der Waals surface area (Å²) >= 11 is 0. The maximum atomic E-state index is 10.8. The van der Waals surface area contributed by atoms with Crippen molar-refractivity contribution in [2.75, 3.05) is 12.5 Å². The van der Waals surface area contributed by atoms with Crippen molar-refractivity contribution in [2.24, 2.45) is 5.10 Å². The molecule has 0 radical (unpaired) electrons. The normalized spacial score (nSPS) is 10.8. The second-order valence-corrected chi connectivity index (χ2v) is 6.47. The predicted molar refractivity (Wildman–Crippen MR) is 113 cm³/mol. The number of aryl methyl sites for hydroxylation is 2. The van der Waals surface area contributed by atoms with E-state index in [1.165, 1.54) is 12.1 Å². The molecule has 0 saturated carbocycles. The second-order valence-electron chi connectivity index (χ2n) is 6.47. The molecule has 1 N–H and O–H groups in total. The molecular formula is C21H21N5O4. The van der Waals surface area contributed by atoms with Gasteiger partial charge in [0.2, 0.25) is 5.95 Å². The van der Waals surface area contributed by atoms with Gasteiger partial charge in [-0.1, -0.05) is 0 Å². The van der Waals surface area contributed by atoms with Crippen LogP contribution in [-0.2, 0) is 6.61 Å². The summed E-state index contributed by atoms with van der Waals surface area (Å²) in [5.41, 5.74) is 6.14. The summed E-state index contributed by atoms with van der Waals surface area (Å²) in [7, 11) is 1.56. The summed E-state index contributed by atoms with van der Waals surface area (Å²) in [5, 5.41) is 14.9. The van der Waals surface area contributed by atoms with Gasteiger partial charge in [0.1, 0.15) is 6.61 Å². The molecule has 9 heteroatoms. The van der Waals surface area contributed by atoms with Crippen LogP contribution >= 0.6 is 0 Å². The Hall–Kier alpha value is -4.01. The number of non-ortho nitro benzene ring substituents is 1. The molecule has 0 unspecified atom stereocenters. The summed E-state index contributed by atoms with van der Waals surface area (Å²) in [5.74, 6) is 1.52. The molecule has 0 aliphatic rings. The van der Waals surface area contributed by atoms with Crippen LogP contribution < -0.4 is 14.9 Å². The molecule has 2 aromatic carbocycles. The minimum atomic E-state index is -0.437. The molecule has 1 heterocycles. The first-order valence-corrected chi connectivity index (χ1v) is 9.10. The number of hydrazone groups is 1. The van der Waals surface area contributed by atoms with Gasteiger partial charge < -0.3 is 9.47 Å². The molecule has 0 atom stereocenters. The fourth-order valence-electron chi connectivity index (χ4n) is 2.70. The average Bonchev–Trinajstić information content (AvgIpc) is 2.72. The van der Waals surface area contributed by atoms with Gasteiger partial charge in [0, 0.05) is 23.5 Å². The van der Waals surface area contributed by atoms with Gasteiger partial charge in [-0.05, 0) is 61.4 Å². The number of hydrogen-bond acceptors (Lipinski definition) is 8. The van der Waals surface area contributed by atoms with Gasteiger partial charge >= 0.3 is 0 Å². The van der Waals surface area contributed by atoms with Crippen LogP contribution in [0.2, 0.25) is 0 Å². The lowest BCUT2D eigenvalue weighted by atomic mass is 10.2. The van der Waals surface area contributed by atoms with E-state index in [2.05, 4.69) is 20.5 Å². The smallest absolute Gasteiger partial charge is 0.269 e. The first kappa shape index (κ1) is 20.7. The quantitative estimate of drug-likeness (QED) is 0.341. The Labute approximate surface area is 173 Å². The highest BCUT2D eigenvalue weighted by atomic mass is 16.6. The number of benzene rings is 2. The third-order valence-corrected chi connectivity index (χ3v) is 4.09. The first-order chi connectivity index (χ1) is 14.4. The van der Waals surface area contributed by atoms with Crippen molar-refractivity contribution in [1.82, 2.24) is 9.97 Å². The Morgan fingerprint density at radius 2 is 1.77 bits per heavy atom. The lowest BCUT2D eigenvalue weighted by Gasteiger charge is -2.11. The highest BCUT2D eigenvalue weighted by molar-refractivity contribution is 5.81. The van der Waals surface area contributed by atoms with Crippen LogP contribution in [0, 0.1) is 24.0 Å². The van der Waals surface area contributed by atoms with Crippen LogP contribution in [0.1, 0.15) is 22.5 Å². The number of aromatic nitrogens is 2. The van der Waals surface area contributed by atoms with Gasteiger partial charge in [-0.15, -0.1) is 0 Å². The third-order valence-electron chi connectivity index (χ3n) is 4.09. The monoisotopic (exact) mass is 407 g/mol. The van der Waals surface area contributed by atoms with Gasteiger partial charge in [0.25, 0.3) is 5.69 Å². The van der Waals surface area contributed by atoms with Crippen molar-refractivity contribution in [3.8, 4) is 11.5 Å². The van der Waals surface area contributed by atoms with Gasteiger partial charge in [0.05, 0.1) is 18.2 Å². The van der Waals surface area contributed by atoms with Crippen molar-refractivity contribution >= 4 is 17.9 Å². The van der Waals surface area contributed by atoms with E-state index >= 15 is 0 Å². The van der Waals surface area contributed by atoms with E-state index in [1.807, 2.05) is 26.0 Å². The number of rotatable bonds is 8. The fraction of sp³-hybridized carbons (Fsp3) is 0.190. The SMILES string of the molecule is COc1ccc(/C=N/Nc2nc(C)cc(C)n2)cc1OCc1ccc([N+](=O)[O-])cc1. The van der Waals surface area contributed by atoms with E-state index in [4.69, 9.17) is 9.47 Å². The lowest BCUT2D eigenvalue weighted by Crippen LogP contribution is -2.01. The second kappa shape index (κ2) is 9.46. The minimum Gasteiger partial charge on any atom is -0.493 e. The molecule has 0 fully saturated rings. The molecule has 0 aliphatic heterocycles. The molecule has 30 heavy (non-hydrogen) atoms. The van der Waals surface area contributed by atoms with E-state index in [0.29, 0.717) is 17.4 Å². The summed E-state index contributed by atoms with van der Waals surface area (Å²) < 4.78 is 11.2. The molecule has 0 bridgehead atoms. The zero-order chi connectivity index (χ0) is 21.5. The minimum absolute atomic E-state index is 0.0369. The number of hydrogen-bond donors (Lipinski definition) is 1. The summed E-state index contributed by atoms with van der Waals surface area (Å²) in [6.45, 7) is 4.02. The van der Waals surface area contributed by atoms with Crippen molar-refractivity contribution in [3.05, 3.63) is 81.2 Å². The Kier molecular flexibility index (Phi) is 6.53. The number of methoxy groups -OCH3 is 1. The number of nitrogens with one attached hydrogen (secondary N) is 1. The average molecular weight is 407 g/mol. The van der Waals surface area contributed by atoms with E-state index in [9.17, 15) is 10.1 Å². The van der Waals surface area contributed by atoms with Gasteiger partial charge in [-0.3, -0.25) is 10.1 Å². The largest absolute Gasteiger partial charge is 0.493 e.